The Kier molecular flexibility index (Phi) is 3.28. The van der Waals surface area contributed by atoms with Crippen LogP contribution >= 0.6 is 11.3 Å². The minimum Gasteiger partial charge on any atom is -0.397 e. The summed E-state index contributed by atoms with van der Waals surface area (Å²) in [5, 5.41) is 8.22. The minimum absolute atomic E-state index is 0.0107. The van der Waals surface area contributed by atoms with E-state index in [0.29, 0.717) is 11.4 Å². The molecule has 0 spiro atoms. The lowest BCUT2D eigenvalue weighted by Gasteiger charge is -2.10. The van der Waals surface area contributed by atoms with Gasteiger partial charge >= 0.3 is 0 Å². The van der Waals surface area contributed by atoms with E-state index in [1.807, 2.05) is 18.2 Å². The van der Waals surface area contributed by atoms with Crippen molar-refractivity contribution in [3.63, 3.8) is 0 Å². The second kappa shape index (κ2) is 4.99. The summed E-state index contributed by atoms with van der Waals surface area (Å²) in [7, 11) is -3.75. The number of nitrogens with zero attached hydrogens (tertiary/aromatic N) is 1. The van der Waals surface area contributed by atoms with Gasteiger partial charge in [0, 0.05) is 5.69 Å². The molecule has 0 atom stereocenters. The fourth-order valence-corrected chi connectivity index (χ4v) is 3.19. The van der Waals surface area contributed by atoms with Gasteiger partial charge in [-0.05, 0) is 36.4 Å². The van der Waals surface area contributed by atoms with Crippen molar-refractivity contribution in [3.05, 3.63) is 41.9 Å². The van der Waals surface area contributed by atoms with Crippen LogP contribution in [0.15, 0.2) is 46.8 Å². The summed E-state index contributed by atoms with van der Waals surface area (Å²) < 4.78 is 23.6. The summed E-state index contributed by atoms with van der Waals surface area (Å²) in [6, 6.07) is 10.1. The van der Waals surface area contributed by atoms with Gasteiger partial charge in [0.2, 0.25) is 10.0 Å². The predicted octanol–water partition coefficient (Wildman–Crippen LogP) is 2.27. The summed E-state index contributed by atoms with van der Waals surface area (Å²) >= 11 is 1.54. The number of fused-ring (bicyclic) bond motifs is 1. The highest BCUT2D eigenvalue weighted by Gasteiger charge is 2.10. The summed E-state index contributed by atoms with van der Waals surface area (Å²) in [6.07, 6.45) is 0. The van der Waals surface area contributed by atoms with Crippen LogP contribution in [0.4, 0.5) is 17.1 Å². The molecule has 0 radical (unpaired) electrons. The summed E-state index contributed by atoms with van der Waals surface area (Å²) in [5.41, 5.74) is 10.4. The summed E-state index contributed by atoms with van der Waals surface area (Å²) in [6.45, 7) is 0. The number of nitrogens with two attached hydrogens (primary N) is 2. The van der Waals surface area contributed by atoms with Crippen molar-refractivity contribution in [1.82, 2.24) is 4.98 Å². The maximum atomic E-state index is 11.3. The molecule has 0 fully saturated rings. The number of thiazole rings is 1. The second-order valence-corrected chi connectivity index (χ2v) is 6.90. The van der Waals surface area contributed by atoms with Crippen LogP contribution in [0.25, 0.3) is 10.2 Å². The lowest BCUT2D eigenvalue weighted by atomic mass is 10.2. The molecule has 0 bridgehead atoms. The average molecular weight is 320 g/mol. The van der Waals surface area contributed by atoms with Gasteiger partial charge < -0.3 is 11.1 Å². The first-order chi connectivity index (χ1) is 9.93. The van der Waals surface area contributed by atoms with Crippen LogP contribution in [0.2, 0.25) is 0 Å². The Balaban J connectivity index is 1.94. The van der Waals surface area contributed by atoms with Gasteiger partial charge in [0.15, 0.2) is 0 Å². The van der Waals surface area contributed by atoms with E-state index in [1.165, 1.54) is 12.1 Å². The molecule has 108 valence electrons. The molecule has 0 unspecified atom stereocenters. The zero-order chi connectivity index (χ0) is 15.0. The fraction of sp³-hybridized carbons (Fsp3) is 0. The zero-order valence-electron chi connectivity index (χ0n) is 10.8. The third-order valence-electron chi connectivity index (χ3n) is 2.96. The third kappa shape index (κ3) is 2.82. The van der Waals surface area contributed by atoms with E-state index in [9.17, 15) is 8.42 Å². The third-order valence-corrected chi connectivity index (χ3v) is 4.66. The molecule has 0 saturated carbocycles. The number of nitrogens with one attached hydrogen (secondary N) is 1. The molecule has 0 aliphatic rings. The maximum Gasteiger partial charge on any atom is 0.238 e. The molecule has 6 nitrogen and oxygen atoms in total. The minimum atomic E-state index is -3.75. The van der Waals surface area contributed by atoms with Gasteiger partial charge in [-0.3, -0.25) is 0 Å². The van der Waals surface area contributed by atoms with E-state index >= 15 is 0 Å². The smallest absolute Gasteiger partial charge is 0.238 e. The Labute approximate surface area is 125 Å². The number of primary sulfonamides is 1. The second-order valence-electron chi connectivity index (χ2n) is 4.45. The zero-order valence-corrected chi connectivity index (χ0v) is 12.4. The molecule has 5 N–H and O–H groups in total. The van der Waals surface area contributed by atoms with Crippen LogP contribution in [0.5, 0.6) is 0 Å². The van der Waals surface area contributed by atoms with E-state index in [0.717, 1.165) is 15.9 Å². The number of rotatable bonds is 3. The Morgan fingerprint density at radius 1 is 1.14 bits per heavy atom. The number of aromatic nitrogens is 1. The van der Waals surface area contributed by atoms with Crippen molar-refractivity contribution in [3.8, 4) is 0 Å². The summed E-state index contributed by atoms with van der Waals surface area (Å²) in [4.78, 5) is 4.20. The molecule has 3 aromatic rings. The van der Waals surface area contributed by atoms with Crippen LogP contribution in [0.1, 0.15) is 0 Å². The molecule has 1 aromatic heterocycles. The molecule has 2 aromatic carbocycles. The molecule has 0 saturated heterocycles. The van der Waals surface area contributed by atoms with Crippen molar-refractivity contribution >= 4 is 48.6 Å². The number of hydrogen-bond donors (Lipinski definition) is 3. The van der Waals surface area contributed by atoms with Crippen LogP contribution in [0.3, 0.4) is 0 Å². The quantitative estimate of drug-likeness (QED) is 0.641. The van der Waals surface area contributed by atoms with Gasteiger partial charge in [0.25, 0.3) is 0 Å². The highest BCUT2D eigenvalue weighted by molar-refractivity contribution is 7.89. The molecular formula is C13H12N4O2S2. The predicted molar refractivity (Wildman–Crippen MR) is 85.1 cm³/mol. The maximum absolute atomic E-state index is 11.3. The molecule has 0 amide bonds. The van der Waals surface area contributed by atoms with Gasteiger partial charge in [-0.25, -0.2) is 18.5 Å². The van der Waals surface area contributed by atoms with Crippen LogP contribution in [-0.2, 0) is 10.0 Å². The summed E-state index contributed by atoms with van der Waals surface area (Å²) in [5.74, 6) is 0. The van der Waals surface area contributed by atoms with Crippen LogP contribution in [-0.4, -0.2) is 13.4 Å². The van der Waals surface area contributed by atoms with Crippen molar-refractivity contribution in [2.45, 2.75) is 4.90 Å². The molecule has 21 heavy (non-hydrogen) atoms. The highest BCUT2D eigenvalue weighted by atomic mass is 32.2. The number of nitrogen functional groups attached to an aromatic ring is 1. The molecule has 1 heterocycles. The number of benzene rings is 2. The Hall–Kier alpha value is -2.16. The van der Waals surface area contributed by atoms with Gasteiger partial charge in [-0.2, -0.15) is 0 Å². The van der Waals surface area contributed by atoms with E-state index in [1.54, 1.807) is 22.9 Å². The monoisotopic (exact) mass is 320 g/mol. The first kappa shape index (κ1) is 13.8. The van der Waals surface area contributed by atoms with Crippen molar-refractivity contribution in [2.75, 3.05) is 11.1 Å². The number of anilines is 3. The number of sulfonamides is 1. The standard InChI is InChI=1S/C13H12N4O2S2/c14-10-6-9(21(15,18)19)2-4-11(10)17-8-1-3-12-13(5-8)20-7-16-12/h1-7,17H,14H2,(H2,15,18,19). The molecule has 0 aliphatic heterocycles. The van der Waals surface area contributed by atoms with Crippen molar-refractivity contribution < 1.29 is 8.42 Å². The molecule has 8 heteroatoms. The lowest BCUT2D eigenvalue weighted by molar-refractivity contribution is 0.598. The first-order valence-electron chi connectivity index (χ1n) is 5.96. The molecule has 0 aliphatic carbocycles. The van der Waals surface area contributed by atoms with Gasteiger partial charge in [0.05, 0.1) is 32.0 Å². The van der Waals surface area contributed by atoms with E-state index in [4.69, 9.17) is 10.9 Å². The molecule has 3 rings (SSSR count). The van der Waals surface area contributed by atoms with Crippen LogP contribution in [0, 0.1) is 0 Å². The van der Waals surface area contributed by atoms with E-state index in [2.05, 4.69) is 10.3 Å². The van der Waals surface area contributed by atoms with Crippen LogP contribution < -0.4 is 16.2 Å². The Bertz CT molecular complexity index is 919. The number of hydrogen-bond acceptors (Lipinski definition) is 6. The largest absolute Gasteiger partial charge is 0.397 e. The first-order valence-corrected chi connectivity index (χ1v) is 8.39. The van der Waals surface area contributed by atoms with E-state index < -0.39 is 10.0 Å². The lowest BCUT2D eigenvalue weighted by Crippen LogP contribution is -2.12. The van der Waals surface area contributed by atoms with Crippen molar-refractivity contribution in [2.24, 2.45) is 5.14 Å². The SMILES string of the molecule is Nc1cc(S(N)(=O)=O)ccc1Nc1ccc2ncsc2c1. The average Bonchev–Trinajstić information content (AvgIpc) is 2.87. The molecular weight excluding hydrogens is 308 g/mol. The van der Waals surface area contributed by atoms with Gasteiger partial charge in [-0.15, -0.1) is 11.3 Å². The Morgan fingerprint density at radius 2 is 1.95 bits per heavy atom. The normalized spacial score (nSPS) is 11.7. The van der Waals surface area contributed by atoms with Crippen molar-refractivity contribution in [1.29, 1.82) is 0 Å². The topological polar surface area (TPSA) is 111 Å². The fourth-order valence-electron chi connectivity index (χ4n) is 1.92. The van der Waals surface area contributed by atoms with E-state index in [-0.39, 0.29) is 4.90 Å². The highest BCUT2D eigenvalue weighted by Crippen LogP contribution is 2.28. The van der Waals surface area contributed by atoms with Gasteiger partial charge in [-0.1, -0.05) is 0 Å². The van der Waals surface area contributed by atoms with Gasteiger partial charge in [0.1, 0.15) is 0 Å². The Morgan fingerprint density at radius 3 is 2.67 bits per heavy atom.